The van der Waals surface area contributed by atoms with Gasteiger partial charge in [0.15, 0.2) is 0 Å². The number of nitrogens with one attached hydrogen (secondary N) is 1. The highest BCUT2D eigenvalue weighted by Gasteiger charge is 2.16. The molecule has 1 aromatic heterocycles. The summed E-state index contributed by atoms with van der Waals surface area (Å²) in [5, 5.41) is 8.94. The van der Waals surface area contributed by atoms with Gasteiger partial charge in [-0.05, 0) is 17.7 Å². The highest BCUT2D eigenvalue weighted by atomic mass is 35.5. The minimum Gasteiger partial charge on any atom is -0.388 e. The van der Waals surface area contributed by atoms with Crippen LogP contribution >= 0.6 is 23.4 Å². The normalized spacial score (nSPS) is 12.1. The van der Waals surface area contributed by atoms with Crippen LogP contribution in [0, 0.1) is 5.41 Å². The number of thioether (sulfide) groups is 1. The maximum Gasteiger partial charge on any atom is 0.115 e. The van der Waals surface area contributed by atoms with Gasteiger partial charge in [-0.25, -0.2) is 4.98 Å². The van der Waals surface area contributed by atoms with Gasteiger partial charge in [0.25, 0.3) is 0 Å². The smallest absolute Gasteiger partial charge is 0.115 e. The minimum atomic E-state index is 0.0473. The SMILES string of the molecule is N=C(N)CC(Sc1ncccc1Cl)c1ccccc1. The van der Waals surface area contributed by atoms with Gasteiger partial charge in [-0.3, -0.25) is 5.41 Å². The topological polar surface area (TPSA) is 62.8 Å². The van der Waals surface area contributed by atoms with E-state index in [0.29, 0.717) is 11.4 Å². The molecule has 3 N–H and O–H groups in total. The standard InChI is InChI=1S/C14H14ClN3S/c15-11-7-4-8-18-14(11)19-12(9-13(16)17)10-5-2-1-3-6-10/h1-8,12H,9H2,(H3,16,17). The lowest BCUT2D eigenvalue weighted by Gasteiger charge is -2.16. The molecule has 1 aromatic carbocycles. The lowest BCUT2D eigenvalue weighted by Crippen LogP contribution is -2.13. The van der Waals surface area contributed by atoms with Crippen LogP contribution in [-0.2, 0) is 0 Å². The van der Waals surface area contributed by atoms with E-state index >= 15 is 0 Å². The quantitative estimate of drug-likeness (QED) is 0.499. The molecule has 0 bridgehead atoms. The molecule has 1 heterocycles. The summed E-state index contributed by atoms with van der Waals surface area (Å²) in [5.41, 5.74) is 6.65. The van der Waals surface area contributed by atoms with Gasteiger partial charge in [0.2, 0.25) is 0 Å². The number of halogens is 1. The second-order valence-corrected chi connectivity index (χ2v) is 5.64. The average Bonchev–Trinajstić information content (AvgIpc) is 2.41. The van der Waals surface area contributed by atoms with E-state index in [1.165, 1.54) is 11.8 Å². The summed E-state index contributed by atoms with van der Waals surface area (Å²) in [4.78, 5) is 4.27. The van der Waals surface area contributed by atoms with Crippen molar-refractivity contribution >= 4 is 29.2 Å². The van der Waals surface area contributed by atoms with E-state index in [1.54, 1.807) is 12.3 Å². The Hall–Kier alpha value is -1.52. The first-order chi connectivity index (χ1) is 9.16. The number of aromatic nitrogens is 1. The van der Waals surface area contributed by atoms with Gasteiger partial charge < -0.3 is 5.73 Å². The van der Waals surface area contributed by atoms with Crippen LogP contribution in [0.15, 0.2) is 53.7 Å². The van der Waals surface area contributed by atoms with Crippen LogP contribution in [-0.4, -0.2) is 10.8 Å². The molecular formula is C14H14ClN3S. The fourth-order valence-electron chi connectivity index (χ4n) is 1.69. The Bertz CT molecular complexity index is 560. The summed E-state index contributed by atoms with van der Waals surface area (Å²) in [6, 6.07) is 13.6. The van der Waals surface area contributed by atoms with Crippen LogP contribution in [0.2, 0.25) is 5.02 Å². The first-order valence-electron chi connectivity index (χ1n) is 5.82. The van der Waals surface area contributed by atoms with Crippen LogP contribution in [0.5, 0.6) is 0 Å². The molecule has 5 heteroatoms. The third kappa shape index (κ3) is 3.98. The molecule has 0 aliphatic heterocycles. The highest BCUT2D eigenvalue weighted by molar-refractivity contribution is 7.99. The van der Waals surface area contributed by atoms with Gasteiger partial charge in [0, 0.05) is 17.9 Å². The zero-order valence-electron chi connectivity index (χ0n) is 10.2. The highest BCUT2D eigenvalue weighted by Crippen LogP contribution is 2.39. The molecule has 2 rings (SSSR count). The number of nitrogens with zero attached hydrogens (tertiary/aromatic N) is 1. The number of rotatable bonds is 5. The molecule has 0 aliphatic carbocycles. The molecule has 1 unspecified atom stereocenters. The van der Waals surface area contributed by atoms with E-state index in [-0.39, 0.29) is 11.1 Å². The Morgan fingerprint density at radius 1 is 1.26 bits per heavy atom. The molecule has 0 fully saturated rings. The number of hydrogen-bond acceptors (Lipinski definition) is 3. The van der Waals surface area contributed by atoms with Crippen molar-refractivity contribution in [2.45, 2.75) is 16.7 Å². The summed E-state index contributed by atoms with van der Waals surface area (Å²) >= 11 is 7.66. The van der Waals surface area contributed by atoms with Gasteiger partial charge in [0.1, 0.15) is 5.03 Å². The molecule has 2 aromatic rings. The van der Waals surface area contributed by atoms with Gasteiger partial charge >= 0.3 is 0 Å². The second kappa shape index (κ2) is 6.59. The molecule has 0 saturated carbocycles. The molecule has 0 radical (unpaired) electrons. The number of hydrogen-bond donors (Lipinski definition) is 2. The monoisotopic (exact) mass is 291 g/mol. The predicted molar refractivity (Wildman–Crippen MR) is 80.8 cm³/mol. The minimum absolute atomic E-state index is 0.0473. The molecule has 0 saturated heterocycles. The lowest BCUT2D eigenvalue weighted by atomic mass is 10.1. The molecule has 0 spiro atoms. The van der Waals surface area contributed by atoms with Crippen molar-refractivity contribution in [3.63, 3.8) is 0 Å². The average molecular weight is 292 g/mol. The van der Waals surface area contributed by atoms with Crippen LogP contribution in [0.25, 0.3) is 0 Å². The van der Waals surface area contributed by atoms with E-state index < -0.39 is 0 Å². The Morgan fingerprint density at radius 2 is 2.00 bits per heavy atom. The first kappa shape index (κ1) is 13.9. The van der Waals surface area contributed by atoms with Crippen molar-refractivity contribution < 1.29 is 0 Å². The number of amidine groups is 1. The molecule has 0 aliphatic rings. The maximum absolute atomic E-state index is 7.50. The number of pyridine rings is 1. The molecule has 3 nitrogen and oxygen atoms in total. The maximum atomic E-state index is 7.50. The zero-order valence-corrected chi connectivity index (χ0v) is 11.8. The zero-order chi connectivity index (χ0) is 13.7. The Morgan fingerprint density at radius 3 is 2.63 bits per heavy atom. The fraction of sp³-hybridized carbons (Fsp3) is 0.143. The van der Waals surface area contributed by atoms with Crippen molar-refractivity contribution in [1.82, 2.24) is 4.98 Å². The summed E-state index contributed by atoms with van der Waals surface area (Å²) in [5.74, 6) is 0.161. The van der Waals surface area contributed by atoms with Crippen LogP contribution < -0.4 is 5.73 Å². The van der Waals surface area contributed by atoms with Crippen molar-refractivity contribution in [2.75, 3.05) is 0 Å². The Kier molecular flexibility index (Phi) is 4.82. The van der Waals surface area contributed by atoms with Gasteiger partial charge in [-0.1, -0.05) is 53.7 Å². The molecule has 0 amide bonds. The Labute approximate surface area is 121 Å². The third-order valence-electron chi connectivity index (χ3n) is 2.56. The van der Waals surface area contributed by atoms with Crippen molar-refractivity contribution in [1.29, 1.82) is 5.41 Å². The summed E-state index contributed by atoms with van der Waals surface area (Å²) in [6.45, 7) is 0. The van der Waals surface area contributed by atoms with E-state index in [1.807, 2.05) is 36.4 Å². The second-order valence-electron chi connectivity index (χ2n) is 4.04. The van der Waals surface area contributed by atoms with E-state index in [9.17, 15) is 0 Å². The van der Waals surface area contributed by atoms with Gasteiger partial charge in [-0.15, -0.1) is 0 Å². The van der Waals surface area contributed by atoms with Crippen LogP contribution in [0.1, 0.15) is 17.2 Å². The predicted octanol–water partition coefficient (Wildman–Crippen LogP) is 3.89. The van der Waals surface area contributed by atoms with Crippen LogP contribution in [0.3, 0.4) is 0 Å². The molecular weight excluding hydrogens is 278 g/mol. The van der Waals surface area contributed by atoms with Crippen molar-refractivity contribution in [2.24, 2.45) is 5.73 Å². The number of benzene rings is 1. The van der Waals surface area contributed by atoms with Crippen LogP contribution in [0.4, 0.5) is 0 Å². The fourth-order valence-corrected chi connectivity index (χ4v) is 3.07. The number of nitrogens with two attached hydrogens (primary N) is 1. The van der Waals surface area contributed by atoms with Gasteiger partial charge in [0.05, 0.1) is 10.9 Å². The van der Waals surface area contributed by atoms with E-state index in [0.717, 1.165) is 10.6 Å². The lowest BCUT2D eigenvalue weighted by molar-refractivity contribution is 0.975. The molecule has 98 valence electrons. The summed E-state index contributed by atoms with van der Waals surface area (Å²) in [7, 11) is 0. The Balaban J connectivity index is 2.24. The van der Waals surface area contributed by atoms with E-state index in [2.05, 4.69) is 4.98 Å². The molecule has 19 heavy (non-hydrogen) atoms. The summed E-state index contributed by atoms with van der Waals surface area (Å²) < 4.78 is 0. The summed E-state index contributed by atoms with van der Waals surface area (Å²) in [6.07, 6.45) is 2.19. The van der Waals surface area contributed by atoms with Crippen molar-refractivity contribution in [3.05, 3.63) is 59.2 Å². The van der Waals surface area contributed by atoms with Gasteiger partial charge in [-0.2, -0.15) is 0 Å². The molecule has 1 atom stereocenters. The largest absolute Gasteiger partial charge is 0.388 e. The third-order valence-corrected chi connectivity index (χ3v) is 4.24. The van der Waals surface area contributed by atoms with E-state index in [4.69, 9.17) is 22.7 Å². The van der Waals surface area contributed by atoms with Crippen molar-refractivity contribution in [3.8, 4) is 0 Å². The first-order valence-corrected chi connectivity index (χ1v) is 7.07.